The quantitative estimate of drug-likeness (QED) is 0.812. The maximum absolute atomic E-state index is 12.6. The van der Waals surface area contributed by atoms with E-state index in [1.165, 1.54) is 11.1 Å². The van der Waals surface area contributed by atoms with E-state index in [9.17, 15) is 14.7 Å². The predicted octanol–water partition coefficient (Wildman–Crippen LogP) is 3.46. The van der Waals surface area contributed by atoms with Crippen molar-refractivity contribution >= 4 is 12.1 Å². The minimum absolute atomic E-state index is 0.0129. The van der Waals surface area contributed by atoms with Gasteiger partial charge >= 0.3 is 12.1 Å². The molecule has 0 saturated carbocycles. The number of piperidine rings is 1. The molecule has 0 unspecified atom stereocenters. The molecule has 0 radical (unpaired) electrons. The third kappa shape index (κ3) is 3.98. The number of nitrogens with one attached hydrogen (secondary N) is 1. The highest BCUT2D eigenvalue weighted by Crippen LogP contribution is 2.44. The number of likely N-dealkylation sites (tertiary alicyclic amines) is 1. The molecule has 0 spiro atoms. The summed E-state index contributed by atoms with van der Waals surface area (Å²) in [5.74, 6) is -0.922. The second-order valence-electron chi connectivity index (χ2n) is 8.10. The third-order valence-corrected chi connectivity index (χ3v) is 6.14. The van der Waals surface area contributed by atoms with E-state index in [0.717, 1.165) is 24.2 Å². The van der Waals surface area contributed by atoms with Crippen molar-refractivity contribution in [2.45, 2.75) is 30.7 Å². The fourth-order valence-electron chi connectivity index (χ4n) is 4.53. The summed E-state index contributed by atoms with van der Waals surface area (Å²) in [7, 11) is 2.00. The van der Waals surface area contributed by atoms with Crippen LogP contribution in [0.15, 0.2) is 48.5 Å². The van der Waals surface area contributed by atoms with Crippen LogP contribution in [0.4, 0.5) is 4.79 Å². The molecule has 1 heterocycles. The van der Waals surface area contributed by atoms with Crippen LogP contribution in [0.3, 0.4) is 0 Å². The lowest BCUT2D eigenvalue weighted by molar-refractivity contribution is -0.139. The van der Waals surface area contributed by atoms with Crippen LogP contribution in [0.2, 0.25) is 0 Å². The molecule has 1 aliphatic carbocycles. The number of nitrogens with zero attached hydrogens (tertiary/aromatic N) is 1. The Labute approximate surface area is 170 Å². The number of fused-ring (bicyclic) bond motifs is 3. The van der Waals surface area contributed by atoms with Crippen LogP contribution in [0.25, 0.3) is 11.1 Å². The number of amides is 1. The van der Waals surface area contributed by atoms with Crippen molar-refractivity contribution in [1.29, 1.82) is 0 Å². The predicted molar refractivity (Wildman–Crippen MR) is 110 cm³/mol. The molecule has 2 aromatic carbocycles. The van der Waals surface area contributed by atoms with Crippen LogP contribution in [0, 0.1) is 0 Å². The van der Waals surface area contributed by atoms with E-state index in [1.807, 2.05) is 31.3 Å². The molecule has 6 nitrogen and oxygen atoms in total. The van der Waals surface area contributed by atoms with Gasteiger partial charge in [0.25, 0.3) is 0 Å². The van der Waals surface area contributed by atoms with Gasteiger partial charge in [-0.15, -0.1) is 0 Å². The Morgan fingerprint density at radius 1 is 1.07 bits per heavy atom. The minimum Gasteiger partial charge on any atom is -0.481 e. The zero-order valence-electron chi connectivity index (χ0n) is 16.6. The Balaban J connectivity index is 1.46. The highest BCUT2D eigenvalue weighted by atomic mass is 16.5. The molecule has 1 amide bonds. The number of rotatable bonds is 5. The summed E-state index contributed by atoms with van der Waals surface area (Å²) >= 11 is 0. The molecule has 29 heavy (non-hydrogen) atoms. The standard InChI is InChI=1S/C23H26N2O4/c1-25-12-10-23(11-13-25,14-21(26)27)24-22(28)29-15-20-18-8-4-2-6-16(18)17-7-3-5-9-19(17)20/h2-9,20H,10-15H2,1H3,(H,24,28)(H,26,27). The molecule has 0 atom stereocenters. The Hall–Kier alpha value is -2.86. The van der Waals surface area contributed by atoms with E-state index in [4.69, 9.17) is 4.74 Å². The number of benzene rings is 2. The van der Waals surface area contributed by atoms with Gasteiger partial charge in [0.1, 0.15) is 6.61 Å². The fraction of sp³-hybridized carbons (Fsp3) is 0.391. The van der Waals surface area contributed by atoms with Gasteiger partial charge in [0.05, 0.1) is 12.0 Å². The van der Waals surface area contributed by atoms with E-state index in [0.29, 0.717) is 12.8 Å². The lowest BCUT2D eigenvalue weighted by atomic mass is 9.84. The van der Waals surface area contributed by atoms with E-state index in [1.54, 1.807) is 0 Å². The monoisotopic (exact) mass is 394 g/mol. The molecular formula is C23H26N2O4. The van der Waals surface area contributed by atoms with E-state index in [2.05, 4.69) is 34.5 Å². The normalized spacial score (nSPS) is 18.0. The lowest BCUT2D eigenvalue weighted by Gasteiger charge is -2.40. The fourth-order valence-corrected chi connectivity index (χ4v) is 4.53. The maximum Gasteiger partial charge on any atom is 0.407 e. The molecule has 2 aromatic rings. The average Bonchev–Trinajstić information content (AvgIpc) is 3.02. The molecule has 1 aliphatic heterocycles. The summed E-state index contributed by atoms with van der Waals surface area (Å²) in [6.07, 6.45) is 0.558. The van der Waals surface area contributed by atoms with Crippen molar-refractivity contribution in [2.24, 2.45) is 0 Å². The van der Waals surface area contributed by atoms with Crippen LogP contribution in [-0.4, -0.2) is 54.4 Å². The van der Waals surface area contributed by atoms with Crippen LogP contribution in [-0.2, 0) is 9.53 Å². The molecule has 2 N–H and O–H groups in total. The van der Waals surface area contributed by atoms with Crippen LogP contribution in [0.5, 0.6) is 0 Å². The second kappa shape index (κ2) is 7.87. The summed E-state index contributed by atoms with van der Waals surface area (Å²) in [5, 5.41) is 12.2. The smallest absolute Gasteiger partial charge is 0.407 e. The largest absolute Gasteiger partial charge is 0.481 e. The van der Waals surface area contributed by atoms with Gasteiger partial charge in [-0.1, -0.05) is 48.5 Å². The van der Waals surface area contributed by atoms with Gasteiger partial charge in [0.2, 0.25) is 0 Å². The number of aliphatic carboxylic acids is 1. The van der Waals surface area contributed by atoms with Gasteiger partial charge in [-0.3, -0.25) is 4.79 Å². The van der Waals surface area contributed by atoms with Gasteiger partial charge in [-0.2, -0.15) is 0 Å². The Bertz CT molecular complexity index is 873. The van der Waals surface area contributed by atoms with Gasteiger partial charge in [-0.05, 0) is 42.1 Å². The van der Waals surface area contributed by atoms with Gasteiger partial charge in [0, 0.05) is 19.0 Å². The number of carbonyl (C=O) groups is 2. The Kier molecular flexibility index (Phi) is 5.28. The number of hydrogen-bond donors (Lipinski definition) is 2. The van der Waals surface area contributed by atoms with E-state index >= 15 is 0 Å². The highest BCUT2D eigenvalue weighted by molar-refractivity contribution is 5.79. The number of ether oxygens (including phenoxy) is 1. The molecule has 6 heteroatoms. The molecule has 1 fully saturated rings. The first-order valence-electron chi connectivity index (χ1n) is 10.0. The Morgan fingerprint density at radius 3 is 2.17 bits per heavy atom. The van der Waals surface area contributed by atoms with Gasteiger partial charge < -0.3 is 20.1 Å². The Morgan fingerprint density at radius 2 is 1.62 bits per heavy atom. The van der Waals surface area contributed by atoms with Crippen LogP contribution < -0.4 is 5.32 Å². The summed E-state index contributed by atoms with van der Waals surface area (Å²) in [6, 6.07) is 16.4. The molecular weight excluding hydrogens is 368 g/mol. The van der Waals surface area contributed by atoms with Crippen molar-refractivity contribution in [1.82, 2.24) is 10.2 Å². The topological polar surface area (TPSA) is 78.9 Å². The minimum atomic E-state index is -0.909. The summed E-state index contributed by atoms with van der Waals surface area (Å²) in [5.41, 5.74) is 3.91. The van der Waals surface area contributed by atoms with Gasteiger partial charge in [-0.25, -0.2) is 4.79 Å². The van der Waals surface area contributed by atoms with E-state index in [-0.39, 0.29) is 18.9 Å². The summed E-state index contributed by atoms with van der Waals surface area (Å²) < 4.78 is 5.62. The molecule has 4 rings (SSSR count). The molecule has 0 bridgehead atoms. The summed E-state index contributed by atoms with van der Waals surface area (Å²) in [4.78, 5) is 26.1. The maximum atomic E-state index is 12.6. The number of carbonyl (C=O) groups excluding carboxylic acids is 1. The average molecular weight is 394 g/mol. The number of hydrogen-bond acceptors (Lipinski definition) is 4. The van der Waals surface area contributed by atoms with Crippen molar-refractivity contribution in [2.75, 3.05) is 26.7 Å². The zero-order chi connectivity index (χ0) is 20.4. The number of carboxylic acids is 1. The van der Waals surface area contributed by atoms with Crippen molar-refractivity contribution in [3.63, 3.8) is 0 Å². The van der Waals surface area contributed by atoms with Crippen molar-refractivity contribution in [3.05, 3.63) is 59.7 Å². The molecule has 1 saturated heterocycles. The molecule has 152 valence electrons. The van der Waals surface area contributed by atoms with E-state index < -0.39 is 17.6 Å². The van der Waals surface area contributed by atoms with Crippen molar-refractivity contribution < 1.29 is 19.4 Å². The third-order valence-electron chi connectivity index (χ3n) is 6.14. The van der Waals surface area contributed by atoms with Gasteiger partial charge in [0.15, 0.2) is 0 Å². The first-order chi connectivity index (χ1) is 14.0. The number of alkyl carbamates (subject to hydrolysis) is 1. The SMILES string of the molecule is CN1CCC(CC(=O)O)(NC(=O)OCC2c3ccccc3-c3ccccc32)CC1. The first kappa shape index (κ1) is 19.5. The zero-order valence-corrected chi connectivity index (χ0v) is 16.6. The van der Waals surface area contributed by atoms with Crippen LogP contribution >= 0.6 is 0 Å². The molecule has 2 aliphatic rings. The summed E-state index contributed by atoms with van der Waals surface area (Å²) in [6.45, 7) is 1.72. The lowest BCUT2D eigenvalue weighted by Crippen LogP contribution is -2.56. The first-order valence-corrected chi connectivity index (χ1v) is 10.0. The molecule has 0 aromatic heterocycles. The number of carboxylic acid groups (broad SMARTS) is 1. The van der Waals surface area contributed by atoms with Crippen molar-refractivity contribution in [3.8, 4) is 11.1 Å². The second-order valence-corrected chi connectivity index (χ2v) is 8.10. The van der Waals surface area contributed by atoms with Crippen LogP contribution in [0.1, 0.15) is 36.3 Å². The highest BCUT2D eigenvalue weighted by Gasteiger charge is 2.38.